The highest BCUT2D eigenvalue weighted by molar-refractivity contribution is 5.93. The van der Waals surface area contributed by atoms with Crippen molar-refractivity contribution in [3.8, 4) is 0 Å². The molecule has 0 spiro atoms. The first-order valence-corrected chi connectivity index (χ1v) is 8.37. The lowest BCUT2D eigenvalue weighted by molar-refractivity contribution is 0.234. The molecule has 0 saturated carbocycles. The van der Waals surface area contributed by atoms with Gasteiger partial charge in [-0.25, -0.2) is 4.98 Å². The molecule has 0 aromatic carbocycles. The number of hydrogen-bond donors (Lipinski definition) is 4. The molecule has 2 aromatic heterocycles. The number of aliphatic hydroxyl groups excluding tert-OH is 1. The third-order valence-electron chi connectivity index (χ3n) is 3.41. The van der Waals surface area contributed by atoms with E-state index in [0.717, 1.165) is 11.1 Å². The number of aromatic nitrogens is 2. The van der Waals surface area contributed by atoms with Gasteiger partial charge in [0.1, 0.15) is 11.6 Å². The summed E-state index contributed by atoms with van der Waals surface area (Å²) in [7, 11) is 0. The fourth-order valence-corrected chi connectivity index (χ4v) is 2.12. The summed E-state index contributed by atoms with van der Waals surface area (Å²) >= 11 is 0. The highest BCUT2D eigenvalue weighted by Gasteiger charge is 2.19. The van der Waals surface area contributed by atoms with Crippen LogP contribution >= 0.6 is 0 Å². The van der Waals surface area contributed by atoms with Crippen molar-refractivity contribution in [2.24, 2.45) is 0 Å². The van der Waals surface area contributed by atoms with Crippen molar-refractivity contribution < 1.29 is 5.11 Å². The van der Waals surface area contributed by atoms with E-state index in [0.29, 0.717) is 17.0 Å². The first-order chi connectivity index (χ1) is 11.9. The van der Waals surface area contributed by atoms with Crippen LogP contribution in [0.5, 0.6) is 0 Å². The molecule has 0 atom stereocenters. The van der Waals surface area contributed by atoms with Crippen molar-refractivity contribution in [2.45, 2.75) is 40.2 Å². The minimum absolute atomic E-state index is 0.0919. The number of H-pyrrole nitrogens is 1. The van der Waals surface area contributed by atoms with Crippen molar-refractivity contribution in [1.82, 2.24) is 9.97 Å². The Bertz CT molecular complexity index is 807. The molecule has 0 aliphatic carbocycles. The van der Waals surface area contributed by atoms with Crippen LogP contribution in [0.15, 0.2) is 47.6 Å². The zero-order valence-electron chi connectivity index (χ0n) is 15.6. The molecule has 0 amide bonds. The number of allylic oxidation sites excluding steroid dienone is 2. The second kappa shape index (κ2) is 9.03. The predicted molar refractivity (Wildman–Crippen MR) is 106 cm³/mol. The molecule has 6 heteroatoms. The highest BCUT2D eigenvalue weighted by Crippen LogP contribution is 2.25. The molecular formula is C19H28N4O2. The van der Waals surface area contributed by atoms with Crippen molar-refractivity contribution in [3.63, 3.8) is 0 Å². The number of anilines is 2. The topological polar surface area (TPSA) is 90.0 Å². The van der Waals surface area contributed by atoms with E-state index in [1.807, 2.05) is 46.8 Å². The van der Waals surface area contributed by atoms with Crippen LogP contribution < -0.4 is 16.2 Å². The van der Waals surface area contributed by atoms with Crippen LogP contribution in [-0.2, 0) is 0 Å². The van der Waals surface area contributed by atoms with Crippen molar-refractivity contribution in [2.75, 3.05) is 17.2 Å². The molecule has 25 heavy (non-hydrogen) atoms. The SMILES string of the molecule is C=C/C(=C/C)Nc1cc2cc[nH]c(=O)c2c(NC(C)(C)CO)n1.CC. The molecule has 0 fully saturated rings. The number of hydrogen-bond acceptors (Lipinski definition) is 5. The van der Waals surface area contributed by atoms with E-state index in [9.17, 15) is 9.90 Å². The number of aromatic amines is 1. The largest absolute Gasteiger partial charge is 0.394 e. The number of pyridine rings is 2. The van der Waals surface area contributed by atoms with Crippen molar-refractivity contribution in [1.29, 1.82) is 0 Å². The van der Waals surface area contributed by atoms with Crippen molar-refractivity contribution in [3.05, 3.63) is 53.1 Å². The summed E-state index contributed by atoms with van der Waals surface area (Å²) in [6.07, 6.45) is 5.16. The van der Waals surface area contributed by atoms with Crippen LogP contribution in [0.3, 0.4) is 0 Å². The molecule has 0 radical (unpaired) electrons. The van der Waals surface area contributed by atoms with Crippen LogP contribution in [0.25, 0.3) is 10.8 Å². The van der Waals surface area contributed by atoms with Crippen LogP contribution in [0.2, 0.25) is 0 Å². The van der Waals surface area contributed by atoms with E-state index in [1.54, 1.807) is 18.3 Å². The standard InChI is InChI=1S/C17H22N4O2.C2H6/c1-5-12(6-2)19-13-9-11-7-8-18-16(23)14(11)15(20-13)21-17(3,4)10-22;1-2/h5-9,22H,1,10H2,2-4H3,(H,18,23)(H2,19,20,21);1-2H3/b12-6-;. The maximum atomic E-state index is 12.2. The van der Waals surface area contributed by atoms with Gasteiger partial charge in [0.2, 0.25) is 0 Å². The van der Waals surface area contributed by atoms with Gasteiger partial charge in [-0.05, 0) is 44.4 Å². The smallest absolute Gasteiger partial charge is 0.259 e. The quantitative estimate of drug-likeness (QED) is 0.601. The van der Waals surface area contributed by atoms with E-state index in [2.05, 4.69) is 27.2 Å². The van der Waals surface area contributed by atoms with Gasteiger partial charge in [-0.2, -0.15) is 0 Å². The lowest BCUT2D eigenvalue weighted by Crippen LogP contribution is -2.35. The fraction of sp³-hybridized carbons (Fsp3) is 0.368. The van der Waals surface area contributed by atoms with Crippen LogP contribution in [0.4, 0.5) is 11.6 Å². The van der Waals surface area contributed by atoms with Gasteiger partial charge >= 0.3 is 0 Å². The Hall–Kier alpha value is -2.60. The summed E-state index contributed by atoms with van der Waals surface area (Å²) < 4.78 is 0. The molecule has 4 N–H and O–H groups in total. The Morgan fingerprint density at radius 3 is 2.68 bits per heavy atom. The van der Waals surface area contributed by atoms with E-state index >= 15 is 0 Å². The lowest BCUT2D eigenvalue weighted by atomic mass is 10.1. The maximum Gasteiger partial charge on any atom is 0.259 e. The van der Waals surface area contributed by atoms with Crippen LogP contribution in [0, 0.1) is 0 Å². The zero-order valence-corrected chi connectivity index (χ0v) is 15.6. The Morgan fingerprint density at radius 1 is 1.44 bits per heavy atom. The van der Waals surface area contributed by atoms with Gasteiger partial charge in [0.05, 0.1) is 17.5 Å². The molecule has 2 aromatic rings. The Labute approximate surface area is 148 Å². The van der Waals surface area contributed by atoms with Gasteiger partial charge in [-0.15, -0.1) is 0 Å². The van der Waals surface area contributed by atoms with Crippen molar-refractivity contribution >= 4 is 22.4 Å². The van der Waals surface area contributed by atoms with Gasteiger partial charge in [0.15, 0.2) is 0 Å². The Morgan fingerprint density at radius 2 is 2.12 bits per heavy atom. The van der Waals surface area contributed by atoms with Gasteiger partial charge in [-0.3, -0.25) is 4.79 Å². The van der Waals surface area contributed by atoms with Gasteiger partial charge < -0.3 is 20.7 Å². The number of fused-ring (bicyclic) bond motifs is 1. The molecule has 0 unspecified atom stereocenters. The first kappa shape index (κ1) is 20.4. The summed E-state index contributed by atoms with van der Waals surface area (Å²) in [6, 6.07) is 3.61. The number of aliphatic hydroxyl groups is 1. The molecule has 0 bridgehead atoms. The van der Waals surface area contributed by atoms with E-state index in [-0.39, 0.29) is 12.2 Å². The third-order valence-corrected chi connectivity index (χ3v) is 3.41. The molecule has 136 valence electrons. The Balaban J connectivity index is 0.00000151. The second-order valence-electron chi connectivity index (χ2n) is 5.87. The normalized spacial score (nSPS) is 11.5. The molecule has 0 aliphatic heterocycles. The predicted octanol–water partition coefficient (Wildman–Crippen LogP) is 3.63. The minimum atomic E-state index is -0.608. The molecular weight excluding hydrogens is 316 g/mol. The third kappa shape index (κ3) is 5.19. The maximum absolute atomic E-state index is 12.2. The average molecular weight is 344 g/mol. The number of nitrogens with one attached hydrogen (secondary N) is 3. The molecule has 2 heterocycles. The van der Waals surface area contributed by atoms with Crippen LogP contribution in [0.1, 0.15) is 34.6 Å². The van der Waals surface area contributed by atoms with E-state index < -0.39 is 5.54 Å². The summed E-state index contributed by atoms with van der Waals surface area (Å²) in [5, 5.41) is 17.0. The number of rotatable bonds is 6. The van der Waals surface area contributed by atoms with E-state index in [1.165, 1.54) is 0 Å². The molecule has 0 saturated heterocycles. The Kier molecular flexibility index (Phi) is 7.39. The number of nitrogens with zero attached hydrogens (tertiary/aromatic N) is 1. The van der Waals surface area contributed by atoms with Gasteiger partial charge in [-0.1, -0.05) is 26.5 Å². The van der Waals surface area contributed by atoms with Gasteiger partial charge in [0.25, 0.3) is 5.56 Å². The molecule has 2 rings (SSSR count). The second-order valence-corrected chi connectivity index (χ2v) is 5.87. The summed E-state index contributed by atoms with van der Waals surface area (Å²) in [6.45, 7) is 13.2. The zero-order chi connectivity index (χ0) is 19.0. The van der Waals surface area contributed by atoms with Crippen LogP contribution in [-0.4, -0.2) is 27.2 Å². The van der Waals surface area contributed by atoms with E-state index in [4.69, 9.17) is 0 Å². The molecule has 6 nitrogen and oxygen atoms in total. The minimum Gasteiger partial charge on any atom is -0.394 e. The first-order valence-electron chi connectivity index (χ1n) is 8.37. The summed E-state index contributed by atoms with van der Waals surface area (Å²) in [5.74, 6) is 1.01. The summed E-state index contributed by atoms with van der Waals surface area (Å²) in [4.78, 5) is 19.3. The molecule has 0 aliphatic rings. The summed E-state index contributed by atoms with van der Waals surface area (Å²) in [5.41, 5.74) is -0.0234. The fourth-order valence-electron chi connectivity index (χ4n) is 2.12. The highest BCUT2D eigenvalue weighted by atomic mass is 16.3. The monoisotopic (exact) mass is 344 g/mol. The average Bonchev–Trinajstić information content (AvgIpc) is 2.61. The lowest BCUT2D eigenvalue weighted by Gasteiger charge is -2.25. The van der Waals surface area contributed by atoms with Gasteiger partial charge in [0, 0.05) is 11.9 Å².